The first-order valence-electron chi connectivity index (χ1n) is 5.20. The van der Waals surface area contributed by atoms with Crippen LogP contribution in [0.1, 0.15) is 12.7 Å². The molecular formula is C11H17NO2. The lowest BCUT2D eigenvalue weighted by Gasteiger charge is -2.31. The smallest absolute Gasteiger partial charge is 0.105 e. The maximum absolute atomic E-state index is 5.34. The van der Waals surface area contributed by atoms with Crippen molar-refractivity contribution in [1.29, 1.82) is 0 Å². The zero-order valence-electron chi connectivity index (χ0n) is 8.61. The SMILES string of the molecule is C[C@@H](Cc1ccco1)N1CCOCC1. The molecule has 2 rings (SSSR count). The second-order valence-corrected chi connectivity index (χ2v) is 3.78. The lowest BCUT2D eigenvalue weighted by molar-refractivity contribution is 0.0194. The topological polar surface area (TPSA) is 25.6 Å². The van der Waals surface area contributed by atoms with Crippen LogP contribution in [0.25, 0.3) is 0 Å². The minimum Gasteiger partial charge on any atom is -0.469 e. The van der Waals surface area contributed by atoms with Crippen molar-refractivity contribution in [3.05, 3.63) is 24.2 Å². The van der Waals surface area contributed by atoms with E-state index in [2.05, 4.69) is 11.8 Å². The highest BCUT2D eigenvalue weighted by atomic mass is 16.5. The maximum Gasteiger partial charge on any atom is 0.105 e. The first-order valence-corrected chi connectivity index (χ1v) is 5.20. The third kappa shape index (κ3) is 2.36. The Bertz CT molecular complexity index is 252. The van der Waals surface area contributed by atoms with Gasteiger partial charge in [-0.3, -0.25) is 4.90 Å². The molecule has 1 aromatic rings. The van der Waals surface area contributed by atoms with Crippen LogP contribution in [0, 0.1) is 0 Å². The van der Waals surface area contributed by atoms with E-state index in [-0.39, 0.29) is 0 Å². The van der Waals surface area contributed by atoms with E-state index in [1.54, 1.807) is 6.26 Å². The fourth-order valence-corrected chi connectivity index (χ4v) is 1.87. The largest absolute Gasteiger partial charge is 0.469 e. The van der Waals surface area contributed by atoms with Crippen LogP contribution >= 0.6 is 0 Å². The number of hydrogen-bond acceptors (Lipinski definition) is 3. The molecule has 0 spiro atoms. The van der Waals surface area contributed by atoms with E-state index in [1.165, 1.54) is 0 Å². The van der Waals surface area contributed by atoms with Gasteiger partial charge in [-0.1, -0.05) is 0 Å². The standard InChI is InChI=1S/C11H17NO2/c1-10(9-11-3-2-6-14-11)12-4-7-13-8-5-12/h2-3,6,10H,4-5,7-9H2,1H3/t10-/m0/s1. The van der Waals surface area contributed by atoms with Gasteiger partial charge in [0.05, 0.1) is 19.5 Å². The second-order valence-electron chi connectivity index (χ2n) is 3.78. The molecule has 0 bridgehead atoms. The number of nitrogens with zero attached hydrogens (tertiary/aromatic N) is 1. The van der Waals surface area contributed by atoms with Crippen LogP contribution in [0.3, 0.4) is 0 Å². The molecule has 1 fully saturated rings. The van der Waals surface area contributed by atoms with Crippen LogP contribution in [0.15, 0.2) is 22.8 Å². The Morgan fingerprint density at radius 3 is 2.86 bits per heavy atom. The molecule has 0 amide bonds. The van der Waals surface area contributed by atoms with Gasteiger partial charge in [-0.15, -0.1) is 0 Å². The molecule has 3 nitrogen and oxygen atoms in total. The van der Waals surface area contributed by atoms with E-state index < -0.39 is 0 Å². The zero-order valence-corrected chi connectivity index (χ0v) is 8.61. The van der Waals surface area contributed by atoms with Crippen molar-refractivity contribution in [2.24, 2.45) is 0 Å². The highest BCUT2D eigenvalue weighted by molar-refractivity contribution is 5.00. The van der Waals surface area contributed by atoms with Crippen LogP contribution in [-0.2, 0) is 11.2 Å². The molecule has 0 aliphatic carbocycles. The molecule has 2 heterocycles. The minimum absolute atomic E-state index is 0.546. The summed E-state index contributed by atoms with van der Waals surface area (Å²) in [6, 6.07) is 4.53. The van der Waals surface area contributed by atoms with Crippen molar-refractivity contribution >= 4 is 0 Å². The molecule has 1 saturated heterocycles. The maximum atomic E-state index is 5.34. The molecule has 0 unspecified atom stereocenters. The normalized spacial score (nSPS) is 20.9. The first-order chi connectivity index (χ1) is 6.86. The summed E-state index contributed by atoms with van der Waals surface area (Å²) in [5.41, 5.74) is 0. The summed E-state index contributed by atoms with van der Waals surface area (Å²) in [5.74, 6) is 1.07. The van der Waals surface area contributed by atoms with Crippen LogP contribution < -0.4 is 0 Å². The van der Waals surface area contributed by atoms with Crippen LogP contribution in [0.2, 0.25) is 0 Å². The molecule has 0 saturated carbocycles. The molecule has 14 heavy (non-hydrogen) atoms. The number of furan rings is 1. The molecule has 1 aliphatic rings. The van der Waals surface area contributed by atoms with Gasteiger partial charge in [-0.2, -0.15) is 0 Å². The van der Waals surface area contributed by atoms with E-state index >= 15 is 0 Å². The fraction of sp³-hybridized carbons (Fsp3) is 0.636. The molecule has 3 heteroatoms. The Morgan fingerprint density at radius 1 is 1.43 bits per heavy atom. The summed E-state index contributed by atoms with van der Waals surface area (Å²) in [6.45, 7) is 6.06. The molecule has 0 aromatic carbocycles. The van der Waals surface area contributed by atoms with Gasteiger partial charge in [0.2, 0.25) is 0 Å². The third-order valence-electron chi connectivity index (χ3n) is 2.75. The summed E-state index contributed by atoms with van der Waals surface area (Å²) >= 11 is 0. The fourth-order valence-electron chi connectivity index (χ4n) is 1.87. The summed E-state index contributed by atoms with van der Waals surface area (Å²) < 4.78 is 10.7. The Morgan fingerprint density at radius 2 is 2.21 bits per heavy atom. The summed E-state index contributed by atoms with van der Waals surface area (Å²) in [7, 11) is 0. The first kappa shape index (κ1) is 9.74. The molecule has 1 atom stereocenters. The number of morpholine rings is 1. The van der Waals surface area contributed by atoms with Crippen molar-refractivity contribution < 1.29 is 9.15 Å². The third-order valence-corrected chi connectivity index (χ3v) is 2.75. The molecule has 0 radical (unpaired) electrons. The van der Waals surface area contributed by atoms with Crippen molar-refractivity contribution in [1.82, 2.24) is 4.90 Å². The van der Waals surface area contributed by atoms with E-state index in [4.69, 9.17) is 9.15 Å². The Kier molecular flexibility index (Phi) is 3.22. The van der Waals surface area contributed by atoms with Gasteiger partial charge in [0.15, 0.2) is 0 Å². The number of rotatable bonds is 3. The quantitative estimate of drug-likeness (QED) is 0.731. The monoisotopic (exact) mass is 195 g/mol. The van der Waals surface area contributed by atoms with E-state index in [1.807, 2.05) is 12.1 Å². The molecule has 1 aliphatic heterocycles. The lowest BCUT2D eigenvalue weighted by Crippen LogP contribution is -2.43. The van der Waals surface area contributed by atoms with E-state index in [9.17, 15) is 0 Å². The predicted octanol–water partition coefficient (Wildman–Crippen LogP) is 1.54. The molecule has 0 N–H and O–H groups in total. The number of hydrogen-bond donors (Lipinski definition) is 0. The lowest BCUT2D eigenvalue weighted by atomic mass is 10.1. The van der Waals surface area contributed by atoms with E-state index in [0.717, 1.165) is 38.5 Å². The van der Waals surface area contributed by atoms with Crippen LogP contribution in [0.5, 0.6) is 0 Å². The summed E-state index contributed by atoms with van der Waals surface area (Å²) in [4.78, 5) is 2.45. The van der Waals surface area contributed by atoms with Gasteiger partial charge in [0.25, 0.3) is 0 Å². The highest BCUT2D eigenvalue weighted by Gasteiger charge is 2.17. The van der Waals surface area contributed by atoms with Gasteiger partial charge in [-0.25, -0.2) is 0 Å². The average molecular weight is 195 g/mol. The Hall–Kier alpha value is -0.800. The molecule has 1 aromatic heterocycles. The zero-order chi connectivity index (χ0) is 9.80. The highest BCUT2D eigenvalue weighted by Crippen LogP contribution is 2.10. The van der Waals surface area contributed by atoms with Crippen molar-refractivity contribution in [3.63, 3.8) is 0 Å². The number of ether oxygens (including phenoxy) is 1. The average Bonchev–Trinajstić information content (AvgIpc) is 2.72. The van der Waals surface area contributed by atoms with Gasteiger partial charge in [0.1, 0.15) is 5.76 Å². The van der Waals surface area contributed by atoms with Crippen LogP contribution in [-0.4, -0.2) is 37.2 Å². The van der Waals surface area contributed by atoms with Crippen molar-refractivity contribution in [2.75, 3.05) is 26.3 Å². The van der Waals surface area contributed by atoms with Gasteiger partial charge >= 0.3 is 0 Å². The second kappa shape index (κ2) is 4.62. The minimum atomic E-state index is 0.546. The van der Waals surface area contributed by atoms with E-state index in [0.29, 0.717) is 6.04 Å². The van der Waals surface area contributed by atoms with Crippen LogP contribution in [0.4, 0.5) is 0 Å². The van der Waals surface area contributed by atoms with Gasteiger partial charge in [0, 0.05) is 25.6 Å². The predicted molar refractivity (Wildman–Crippen MR) is 54.3 cm³/mol. The summed E-state index contributed by atoms with van der Waals surface area (Å²) in [6.07, 6.45) is 2.73. The molecular weight excluding hydrogens is 178 g/mol. The van der Waals surface area contributed by atoms with Crippen molar-refractivity contribution in [2.45, 2.75) is 19.4 Å². The summed E-state index contributed by atoms with van der Waals surface area (Å²) in [5, 5.41) is 0. The molecule has 78 valence electrons. The van der Waals surface area contributed by atoms with Gasteiger partial charge in [-0.05, 0) is 19.1 Å². The Balaban J connectivity index is 1.85. The Labute approximate surface area is 84.6 Å². The van der Waals surface area contributed by atoms with Gasteiger partial charge < -0.3 is 9.15 Å². The van der Waals surface area contributed by atoms with Crippen molar-refractivity contribution in [3.8, 4) is 0 Å².